The molecule has 0 saturated carbocycles. The van der Waals surface area contributed by atoms with Crippen LogP contribution in [0.25, 0.3) is 0 Å². The van der Waals surface area contributed by atoms with Crippen LogP contribution in [0.3, 0.4) is 0 Å². The summed E-state index contributed by atoms with van der Waals surface area (Å²) in [6.45, 7) is 0. The van der Waals surface area contributed by atoms with E-state index in [-0.39, 0.29) is 16.3 Å². The third kappa shape index (κ3) is 3.00. The highest BCUT2D eigenvalue weighted by Gasteiger charge is 2.14. The van der Waals surface area contributed by atoms with Gasteiger partial charge in [0.25, 0.3) is 10.0 Å². The van der Waals surface area contributed by atoms with Gasteiger partial charge < -0.3 is 5.11 Å². The van der Waals surface area contributed by atoms with E-state index in [4.69, 9.17) is 10.4 Å². The van der Waals surface area contributed by atoms with Gasteiger partial charge in [-0.15, -0.1) is 0 Å². The summed E-state index contributed by atoms with van der Waals surface area (Å²) in [7, 11) is -3.75. The summed E-state index contributed by atoms with van der Waals surface area (Å²) < 4.78 is 26.3. The van der Waals surface area contributed by atoms with Gasteiger partial charge in [0.05, 0.1) is 0 Å². The van der Waals surface area contributed by atoms with Crippen LogP contribution in [-0.2, 0) is 10.0 Å². The van der Waals surface area contributed by atoms with Crippen molar-refractivity contribution >= 4 is 15.7 Å². The summed E-state index contributed by atoms with van der Waals surface area (Å²) in [4.78, 5) is 3.66. The van der Waals surface area contributed by atoms with Gasteiger partial charge in [-0.1, -0.05) is 0 Å². The first-order valence-electron chi connectivity index (χ1n) is 5.19. The highest BCUT2D eigenvalue weighted by atomic mass is 32.2. The fourth-order valence-corrected chi connectivity index (χ4v) is 2.35. The molecule has 0 fully saturated rings. The Bertz CT molecular complexity index is 716. The minimum atomic E-state index is -3.75. The van der Waals surface area contributed by atoms with Gasteiger partial charge in [-0.25, -0.2) is 13.4 Å². The van der Waals surface area contributed by atoms with Gasteiger partial charge in [0.2, 0.25) is 0 Å². The fraction of sp³-hybridized carbons (Fsp3) is 0. The van der Waals surface area contributed by atoms with E-state index in [0.29, 0.717) is 5.69 Å². The molecule has 0 spiro atoms. The number of hydrogen-bond acceptors (Lipinski definition) is 5. The Labute approximate surface area is 110 Å². The first kappa shape index (κ1) is 12.9. The summed E-state index contributed by atoms with van der Waals surface area (Å²) in [5.41, 5.74) is 0.464. The number of nitrogens with one attached hydrogen (secondary N) is 1. The molecule has 0 amide bonds. The van der Waals surface area contributed by atoms with Gasteiger partial charge in [0, 0.05) is 11.9 Å². The van der Waals surface area contributed by atoms with Crippen LogP contribution in [0.4, 0.5) is 5.69 Å². The molecule has 0 radical (unpaired) electrons. The van der Waals surface area contributed by atoms with Gasteiger partial charge in [-0.3, -0.25) is 4.72 Å². The van der Waals surface area contributed by atoms with Crippen molar-refractivity contribution in [3.05, 3.63) is 48.3 Å². The molecule has 2 aromatic rings. The van der Waals surface area contributed by atoms with Crippen molar-refractivity contribution < 1.29 is 13.5 Å². The van der Waals surface area contributed by atoms with Gasteiger partial charge >= 0.3 is 0 Å². The van der Waals surface area contributed by atoms with Gasteiger partial charge in [0.1, 0.15) is 22.4 Å². The molecule has 1 heterocycles. The van der Waals surface area contributed by atoms with Crippen molar-refractivity contribution in [2.24, 2.45) is 0 Å². The molecule has 0 unspecified atom stereocenters. The molecule has 0 aliphatic heterocycles. The Morgan fingerprint density at radius 3 is 2.37 bits per heavy atom. The van der Waals surface area contributed by atoms with Crippen LogP contribution < -0.4 is 4.72 Å². The molecule has 0 atom stereocenters. The van der Waals surface area contributed by atoms with Crippen LogP contribution in [0, 0.1) is 11.3 Å². The topological polar surface area (TPSA) is 103 Å². The van der Waals surface area contributed by atoms with Crippen LogP contribution in [0.15, 0.2) is 47.5 Å². The summed E-state index contributed by atoms with van der Waals surface area (Å²) in [6.07, 6.45) is 1.11. The Morgan fingerprint density at radius 1 is 1.16 bits per heavy atom. The molecule has 0 bridgehead atoms. The zero-order valence-corrected chi connectivity index (χ0v) is 10.4. The highest BCUT2D eigenvalue weighted by molar-refractivity contribution is 7.92. The fourth-order valence-electron chi connectivity index (χ4n) is 1.35. The summed E-state index contributed by atoms with van der Waals surface area (Å²) in [5.74, 6) is 0.0444. The van der Waals surface area contributed by atoms with Crippen LogP contribution >= 0.6 is 0 Å². The summed E-state index contributed by atoms with van der Waals surface area (Å²) in [6, 6.07) is 10.0. The number of pyridine rings is 1. The van der Waals surface area contributed by atoms with E-state index in [0.717, 1.165) is 6.20 Å². The molecule has 1 aromatic heterocycles. The van der Waals surface area contributed by atoms with Crippen molar-refractivity contribution in [2.45, 2.75) is 4.90 Å². The predicted molar refractivity (Wildman–Crippen MR) is 67.9 cm³/mol. The Hall–Kier alpha value is -2.59. The molecule has 0 saturated heterocycles. The molecule has 2 N–H and O–H groups in total. The van der Waals surface area contributed by atoms with E-state index < -0.39 is 10.0 Å². The van der Waals surface area contributed by atoms with E-state index in [2.05, 4.69) is 9.71 Å². The third-order valence-corrected chi connectivity index (χ3v) is 3.65. The monoisotopic (exact) mass is 275 g/mol. The standard InChI is InChI=1S/C12H9N3O3S/c13-7-10-3-6-12(8-14-10)19(17,18)15-9-1-4-11(16)5-2-9/h1-6,8,15-16H. The minimum absolute atomic E-state index is 0.0421. The SMILES string of the molecule is N#Cc1ccc(S(=O)(=O)Nc2ccc(O)cc2)cn1. The van der Waals surface area contributed by atoms with Gasteiger partial charge in [0.15, 0.2) is 0 Å². The smallest absolute Gasteiger partial charge is 0.263 e. The average molecular weight is 275 g/mol. The number of phenolic OH excluding ortho intramolecular Hbond substituents is 1. The number of phenols is 1. The van der Waals surface area contributed by atoms with E-state index in [9.17, 15) is 8.42 Å². The number of nitriles is 1. The highest BCUT2D eigenvalue weighted by Crippen LogP contribution is 2.18. The number of aromatic nitrogens is 1. The van der Waals surface area contributed by atoms with Crippen LogP contribution in [0.5, 0.6) is 5.75 Å². The van der Waals surface area contributed by atoms with Crippen molar-refractivity contribution in [1.29, 1.82) is 5.26 Å². The molecule has 19 heavy (non-hydrogen) atoms. The lowest BCUT2D eigenvalue weighted by Crippen LogP contribution is -2.13. The lowest BCUT2D eigenvalue weighted by atomic mass is 10.3. The van der Waals surface area contributed by atoms with E-state index >= 15 is 0 Å². The van der Waals surface area contributed by atoms with Crippen LogP contribution in [0.1, 0.15) is 5.69 Å². The summed E-state index contributed by atoms with van der Waals surface area (Å²) in [5, 5.41) is 17.7. The number of benzene rings is 1. The number of anilines is 1. The second kappa shape index (κ2) is 4.96. The molecule has 2 rings (SSSR count). The molecular weight excluding hydrogens is 266 g/mol. The van der Waals surface area contributed by atoms with Crippen molar-refractivity contribution in [3.8, 4) is 11.8 Å². The average Bonchev–Trinajstić information content (AvgIpc) is 2.41. The largest absolute Gasteiger partial charge is 0.508 e. The van der Waals surface area contributed by atoms with Crippen molar-refractivity contribution in [2.75, 3.05) is 4.72 Å². The molecule has 7 heteroatoms. The number of nitrogens with zero attached hydrogens (tertiary/aromatic N) is 2. The Morgan fingerprint density at radius 2 is 1.84 bits per heavy atom. The minimum Gasteiger partial charge on any atom is -0.508 e. The maximum absolute atomic E-state index is 12.0. The molecule has 6 nitrogen and oxygen atoms in total. The zero-order valence-electron chi connectivity index (χ0n) is 9.61. The summed E-state index contributed by atoms with van der Waals surface area (Å²) >= 11 is 0. The predicted octanol–water partition coefficient (Wildman–Crippen LogP) is 1.46. The zero-order chi connectivity index (χ0) is 13.9. The maximum Gasteiger partial charge on any atom is 0.263 e. The lowest BCUT2D eigenvalue weighted by Gasteiger charge is -2.07. The lowest BCUT2D eigenvalue weighted by molar-refractivity contribution is 0.475. The maximum atomic E-state index is 12.0. The van der Waals surface area contributed by atoms with Gasteiger partial charge in [-0.2, -0.15) is 5.26 Å². The first-order valence-corrected chi connectivity index (χ1v) is 6.67. The Balaban J connectivity index is 2.27. The second-order valence-electron chi connectivity index (χ2n) is 3.64. The quantitative estimate of drug-likeness (QED) is 0.825. The molecular formula is C12H9N3O3S. The van der Waals surface area contributed by atoms with Crippen molar-refractivity contribution in [1.82, 2.24) is 4.98 Å². The molecule has 96 valence electrons. The normalized spacial score (nSPS) is 10.7. The molecule has 1 aromatic carbocycles. The van der Waals surface area contributed by atoms with E-state index in [1.807, 2.05) is 6.07 Å². The Kier molecular flexibility index (Phi) is 3.35. The van der Waals surface area contributed by atoms with E-state index in [1.165, 1.54) is 36.4 Å². The molecule has 0 aliphatic carbocycles. The van der Waals surface area contributed by atoms with E-state index in [1.54, 1.807) is 0 Å². The number of rotatable bonds is 3. The molecule has 0 aliphatic rings. The van der Waals surface area contributed by atoms with Crippen LogP contribution in [-0.4, -0.2) is 18.5 Å². The van der Waals surface area contributed by atoms with Gasteiger partial charge in [-0.05, 0) is 36.4 Å². The number of hydrogen-bond donors (Lipinski definition) is 2. The number of aromatic hydroxyl groups is 1. The third-order valence-electron chi connectivity index (χ3n) is 2.28. The second-order valence-corrected chi connectivity index (χ2v) is 5.33. The first-order chi connectivity index (χ1) is 9.01. The number of sulfonamides is 1. The van der Waals surface area contributed by atoms with Crippen molar-refractivity contribution in [3.63, 3.8) is 0 Å². The van der Waals surface area contributed by atoms with Crippen LogP contribution in [0.2, 0.25) is 0 Å².